The van der Waals surface area contributed by atoms with Crippen LogP contribution < -0.4 is 0 Å². The fourth-order valence-corrected chi connectivity index (χ4v) is 2.53. The highest BCUT2D eigenvalue weighted by Crippen LogP contribution is 2.22. The summed E-state index contributed by atoms with van der Waals surface area (Å²) >= 11 is 4.89. The second kappa shape index (κ2) is 6.44. The Kier molecular flexibility index (Phi) is 4.86. The maximum Gasteiger partial charge on any atom is 0.193 e. The number of carbonyl (C=O) groups is 1. The second-order valence-corrected chi connectivity index (χ2v) is 6.74. The minimum absolute atomic E-state index is 0.0327. The van der Waals surface area contributed by atoms with Crippen LogP contribution in [0.3, 0.4) is 0 Å². The van der Waals surface area contributed by atoms with Crippen LogP contribution in [0, 0.1) is 0 Å². The van der Waals surface area contributed by atoms with Crippen molar-refractivity contribution in [1.82, 2.24) is 0 Å². The van der Waals surface area contributed by atoms with Gasteiger partial charge in [-0.1, -0.05) is 35.9 Å². The number of ketones is 1. The second-order valence-electron chi connectivity index (χ2n) is 4.60. The molecule has 2 aromatic rings. The molecule has 0 saturated carbocycles. The molecular formula is C16H15ClO2S. The van der Waals surface area contributed by atoms with Crippen LogP contribution in [0.25, 0.3) is 0 Å². The van der Waals surface area contributed by atoms with Crippen LogP contribution in [-0.2, 0) is 11.2 Å². The molecule has 104 valence electrons. The summed E-state index contributed by atoms with van der Waals surface area (Å²) in [5.74, 6) is -0.0431. The summed E-state index contributed by atoms with van der Waals surface area (Å²) < 4.78 is 11.4. The minimum Gasteiger partial charge on any atom is -0.616 e. The van der Waals surface area contributed by atoms with Gasteiger partial charge in [-0.15, -0.1) is 0 Å². The van der Waals surface area contributed by atoms with Crippen molar-refractivity contribution >= 4 is 28.6 Å². The van der Waals surface area contributed by atoms with Crippen molar-refractivity contribution in [2.45, 2.75) is 12.2 Å². The molecule has 0 aromatic heterocycles. The highest BCUT2D eigenvalue weighted by molar-refractivity contribution is 7.90. The normalized spacial score (nSPS) is 13.8. The Bertz CT molecular complexity index is 591. The van der Waals surface area contributed by atoms with Gasteiger partial charge in [0, 0.05) is 21.7 Å². The third-order valence-corrected chi connectivity index (χ3v) is 4.77. The Hall–Kier alpha value is -1.29. The maximum atomic E-state index is 12.3. The standard InChI is InChI=1S/C16H15ClO2S/c1-11(20(2)19)12-3-5-13(6-4-12)16(18)14-7-9-15(17)10-8-14/h3-11H,1-2H3. The average molecular weight is 307 g/mol. The zero-order chi connectivity index (χ0) is 14.7. The van der Waals surface area contributed by atoms with E-state index in [0.29, 0.717) is 16.1 Å². The highest BCUT2D eigenvalue weighted by atomic mass is 35.5. The Morgan fingerprint density at radius 3 is 1.95 bits per heavy atom. The summed E-state index contributed by atoms with van der Waals surface area (Å²) in [5, 5.41) is 0.575. The lowest BCUT2D eigenvalue weighted by Crippen LogP contribution is -2.08. The van der Waals surface area contributed by atoms with Crippen LogP contribution in [0.5, 0.6) is 0 Å². The maximum absolute atomic E-state index is 12.3. The van der Waals surface area contributed by atoms with E-state index in [9.17, 15) is 9.35 Å². The Balaban J connectivity index is 2.21. The van der Waals surface area contributed by atoms with Gasteiger partial charge in [0.25, 0.3) is 0 Å². The van der Waals surface area contributed by atoms with Crippen molar-refractivity contribution in [3.63, 3.8) is 0 Å². The number of hydrogen-bond donors (Lipinski definition) is 0. The molecule has 0 heterocycles. The van der Waals surface area contributed by atoms with E-state index in [-0.39, 0.29) is 11.0 Å². The van der Waals surface area contributed by atoms with Gasteiger partial charge in [-0.2, -0.15) is 0 Å². The quantitative estimate of drug-likeness (QED) is 0.632. The Morgan fingerprint density at radius 1 is 1.05 bits per heavy atom. The molecule has 2 atom stereocenters. The van der Waals surface area contributed by atoms with Gasteiger partial charge in [0.2, 0.25) is 0 Å². The topological polar surface area (TPSA) is 40.1 Å². The number of rotatable bonds is 4. The van der Waals surface area contributed by atoms with E-state index in [0.717, 1.165) is 5.56 Å². The fraction of sp³-hybridized carbons (Fsp3) is 0.188. The number of carbonyl (C=O) groups excluding carboxylic acids is 1. The average Bonchev–Trinajstić information content (AvgIpc) is 2.46. The molecule has 2 nitrogen and oxygen atoms in total. The third kappa shape index (κ3) is 3.42. The summed E-state index contributed by atoms with van der Waals surface area (Å²) in [6.07, 6.45) is 1.68. The molecule has 2 unspecified atom stereocenters. The summed E-state index contributed by atoms with van der Waals surface area (Å²) in [6, 6.07) is 14.1. The molecule has 2 rings (SSSR count). The predicted octanol–water partition coefficient (Wildman–Crippen LogP) is 4.01. The van der Waals surface area contributed by atoms with Gasteiger partial charge in [0.15, 0.2) is 5.78 Å². The zero-order valence-electron chi connectivity index (χ0n) is 11.3. The first-order valence-corrected chi connectivity index (χ1v) is 8.21. The van der Waals surface area contributed by atoms with Gasteiger partial charge in [0.1, 0.15) is 5.25 Å². The van der Waals surface area contributed by atoms with Crippen LogP contribution in [0.2, 0.25) is 5.02 Å². The monoisotopic (exact) mass is 306 g/mol. The number of benzene rings is 2. The van der Waals surface area contributed by atoms with E-state index < -0.39 is 11.2 Å². The van der Waals surface area contributed by atoms with E-state index in [1.165, 1.54) is 0 Å². The van der Waals surface area contributed by atoms with Crippen molar-refractivity contribution in [3.8, 4) is 0 Å². The third-order valence-electron chi connectivity index (χ3n) is 3.25. The Morgan fingerprint density at radius 2 is 1.50 bits per heavy atom. The fourth-order valence-electron chi connectivity index (χ4n) is 1.87. The van der Waals surface area contributed by atoms with E-state index in [2.05, 4.69) is 0 Å². The van der Waals surface area contributed by atoms with Gasteiger partial charge >= 0.3 is 0 Å². The molecule has 0 fully saturated rings. The van der Waals surface area contributed by atoms with Gasteiger partial charge in [-0.25, -0.2) is 0 Å². The van der Waals surface area contributed by atoms with Gasteiger partial charge in [-0.05, 0) is 42.4 Å². The van der Waals surface area contributed by atoms with Crippen LogP contribution >= 0.6 is 11.6 Å². The predicted molar refractivity (Wildman–Crippen MR) is 83.8 cm³/mol. The molecule has 20 heavy (non-hydrogen) atoms. The molecule has 0 bridgehead atoms. The Labute approximate surface area is 127 Å². The lowest BCUT2D eigenvalue weighted by atomic mass is 10.0. The SMILES string of the molecule is CC(c1ccc(C(=O)c2ccc(Cl)cc2)cc1)[S+](C)[O-]. The van der Waals surface area contributed by atoms with Crippen molar-refractivity contribution in [2.24, 2.45) is 0 Å². The molecule has 2 aromatic carbocycles. The van der Waals surface area contributed by atoms with E-state index in [1.807, 2.05) is 19.1 Å². The van der Waals surface area contributed by atoms with Crippen LogP contribution in [0.15, 0.2) is 48.5 Å². The molecule has 0 amide bonds. The highest BCUT2D eigenvalue weighted by Gasteiger charge is 2.15. The van der Waals surface area contributed by atoms with Crippen molar-refractivity contribution < 1.29 is 9.35 Å². The van der Waals surface area contributed by atoms with Gasteiger partial charge in [0.05, 0.1) is 6.26 Å². The van der Waals surface area contributed by atoms with E-state index in [1.54, 1.807) is 42.7 Å². The van der Waals surface area contributed by atoms with Crippen molar-refractivity contribution in [3.05, 3.63) is 70.2 Å². The minimum atomic E-state index is -0.917. The molecule has 0 aliphatic carbocycles. The molecule has 0 N–H and O–H groups in total. The largest absolute Gasteiger partial charge is 0.616 e. The lowest BCUT2D eigenvalue weighted by molar-refractivity contribution is 0.103. The molecule has 0 radical (unpaired) electrons. The number of hydrogen-bond acceptors (Lipinski definition) is 2. The summed E-state index contributed by atoms with van der Waals surface area (Å²) in [7, 11) is 0. The van der Waals surface area contributed by atoms with Crippen LogP contribution in [0.1, 0.15) is 33.7 Å². The first-order chi connectivity index (χ1) is 9.49. The van der Waals surface area contributed by atoms with E-state index >= 15 is 0 Å². The molecule has 0 spiro atoms. The molecule has 0 aliphatic heterocycles. The first-order valence-electron chi connectivity index (χ1n) is 6.21. The molecule has 0 aliphatic rings. The lowest BCUT2D eigenvalue weighted by Gasteiger charge is -2.14. The van der Waals surface area contributed by atoms with Crippen molar-refractivity contribution in [1.29, 1.82) is 0 Å². The van der Waals surface area contributed by atoms with Crippen LogP contribution in [-0.4, -0.2) is 16.6 Å². The van der Waals surface area contributed by atoms with Gasteiger partial charge < -0.3 is 4.55 Å². The van der Waals surface area contributed by atoms with E-state index in [4.69, 9.17) is 11.6 Å². The van der Waals surface area contributed by atoms with Crippen molar-refractivity contribution in [2.75, 3.05) is 6.26 Å². The molecule has 0 saturated heterocycles. The molecule has 4 heteroatoms. The summed E-state index contributed by atoms with van der Waals surface area (Å²) in [6.45, 7) is 1.91. The summed E-state index contributed by atoms with van der Waals surface area (Å²) in [4.78, 5) is 12.3. The first kappa shape index (κ1) is 15.1. The smallest absolute Gasteiger partial charge is 0.193 e. The summed E-state index contributed by atoms with van der Waals surface area (Å²) in [5.41, 5.74) is 2.19. The van der Waals surface area contributed by atoms with Gasteiger partial charge in [-0.3, -0.25) is 4.79 Å². The number of halogens is 1. The zero-order valence-corrected chi connectivity index (χ0v) is 12.9. The molecular weight excluding hydrogens is 292 g/mol. The van der Waals surface area contributed by atoms with Crippen LogP contribution in [0.4, 0.5) is 0 Å².